The van der Waals surface area contributed by atoms with Crippen LogP contribution in [0.1, 0.15) is 46.4 Å². The summed E-state index contributed by atoms with van der Waals surface area (Å²) in [6, 6.07) is 24.7. The highest BCUT2D eigenvalue weighted by atomic mass is 16.5. The van der Waals surface area contributed by atoms with Crippen LogP contribution in [0.2, 0.25) is 0 Å². The number of alkyl carbamates (subject to hydrolysis) is 1. The maximum atomic E-state index is 13.5. The molecule has 228 valence electrons. The molecule has 10 nitrogen and oxygen atoms in total. The van der Waals surface area contributed by atoms with Gasteiger partial charge in [-0.05, 0) is 55.5 Å². The Morgan fingerprint density at radius 1 is 0.886 bits per heavy atom. The largest absolute Gasteiger partial charge is 0.469 e. The molecule has 0 unspecified atom stereocenters. The van der Waals surface area contributed by atoms with E-state index < -0.39 is 23.9 Å². The zero-order chi connectivity index (χ0) is 31.3. The molecule has 0 saturated carbocycles. The number of amides is 3. The second kappa shape index (κ2) is 15.8. The molecule has 0 radical (unpaired) electrons. The molecule has 0 aliphatic heterocycles. The summed E-state index contributed by atoms with van der Waals surface area (Å²) >= 11 is 0. The summed E-state index contributed by atoms with van der Waals surface area (Å²) in [6.45, 7) is 2.35. The molecule has 1 atom stereocenters. The van der Waals surface area contributed by atoms with Crippen LogP contribution in [0.5, 0.6) is 0 Å². The van der Waals surface area contributed by atoms with E-state index in [2.05, 4.69) is 20.9 Å². The average Bonchev–Trinajstić information content (AvgIpc) is 3.04. The van der Waals surface area contributed by atoms with Crippen LogP contribution in [0.3, 0.4) is 0 Å². The Morgan fingerprint density at radius 3 is 2.43 bits per heavy atom. The lowest BCUT2D eigenvalue weighted by molar-refractivity contribution is -0.140. The molecule has 4 aromatic rings. The van der Waals surface area contributed by atoms with Crippen LogP contribution < -0.4 is 16.0 Å². The first-order valence-electron chi connectivity index (χ1n) is 14.4. The minimum atomic E-state index is -0.935. The van der Waals surface area contributed by atoms with Crippen LogP contribution in [0.25, 0.3) is 10.9 Å². The van der Waals surface area contributed by atoms with E-state index >= 15 is 0 Å². The molecule has 3 amide bonds. The lowest BCUT2D eigenvalue weighted by atomic mass is 10.1. The van der Waals surface area contributed by atoms with E-state index in [1.54, 1.807) is 24.3 Å². The Hall–Kier alpha value is -5.25. The number of hydrogen-bond donors (Lipinski definition) is 3. The fraction of sp³-hybridized carbons (Fsp3) is 0.265. The minimum absolute atomic E-state index is 0.140. The number of rotatable bonds is 13. The molecule has 0 spiro atoms. The number of carbonyl (C=O) groups excluding carboxylic acids is 4. The topological polar surface area (TPSA) is 136 Å². The van der Waals surface area contributed by atoms with Crippen LogP contribution in [0.15, 0.2) is 84.9 Å². The van der Waals surface area contributed by atoms with Gasteiger partial charge in [0.15, 0.2) is 0 Å². The van der Waals surface area contributed by atoms with Gasteiger partial charge in [0.25, 0.3) is 5.91 Å². The molecule has 0 bridgehead atoms. The van der Waals surface area contributed by atoms with E-state index in [0.29, 0.717) is 24.0 Å². The van der Waals surface area contributed by atoms with E-state index in [-0.39, 0.29) is 37.7 Å². The second-order valence-corrected chi connectivity index (χ2v) is 10.3. The third-order valence-corrected chi connectivity index (χ3v) is 6.98. The van der Waals surface area contributed by atoms with Crippen molar-refractivity contribution in [2.75, 3.05) is 19.0 Å². The van der Waals surface area contributed by atoms with Gasteiger partial charge in [0, 0.05) is 24.0 Å². The smallest absolute Gasteiger partial charge is 0.407 e. The van der Waals surface area contributed by atoms with Gasteiger partial charge in [0.05, 0.1) is 12.6 Å². The Labute approximate surface area is 256 Å². The number of benzene rings is 3. The standard InChI is InChI=1S/C34H36N4O6/c1-23-13-15-24(16-14-23)22-44-34(42)35-21-7-12-29(38-33(41)30-19-17-25-8-3-5-10-27(25)36-30)32(40)37-28-11-6-4-9-26(28)18-20-31(39)43-2/h3-6,8-11,13-17,19,29H,7,12,18,20-22H2,1-2H3,(H,35,42)(H,37,40)(H,38,41)/t29-/m0/s1. The van der Waals surface area contributed by atoms with Crippen molar-refractivity contribution in [2.24, 2.45) is 0 Å². The number of pyridine rings is 1. The second-order valence-electron chi connectivity index (χ2n) is 10.3. The summed E-state index contributed by atoms with van der Waals surface area (Å²) in [6.07, 6.45) is 0.565. The van der Waals surface area contributed by atoms with Gasteiger partial charge >= 0.3 is 12.1 Å². The van der Waals surface area contributed by atoms with Crippen LogP contribution >= 0.6 is 0 Å². The predicted octanol–water partition coefficient (Wildman–Crippen LogP) is 5.09. The molecular formula is C34H36N4O6. The van der Waals surface area contributed by atoms with Crippen molar-refractivity contribution in [3.8, 4) is 0 Å². The van der Waals surface area contributed by atoms with Gasteiger partial charge in [-0.3, -0.25) is 14.4 Å². The molecule has 4 rings (SSSR count). The summed E-state index contributed by atoms with van der Waals surface area (Å²) in [5.41, 5.74) is 4.11. The molecule has 1 aromatic heterocycles. The summed E-state index contributed by atoms with van der Waals surface area (Å²) in [5.74, 6) is -1.30. The Kier molecular flexibility index (Phi) is 11.4. The van der Waals surface area contributed by atoms with Gasteiger partial charge in [-0.1, -0.05) is 72.3 Å². The van der Waals surface area contributed by atoms with Crippen molar-refractivity contribution in [1.29, 1.82) is 0 Å². The SMILES string of the molecule is COC(=O)CCc1ccccc1NC(=O)[C@H](CCCNC(=O)OCc1ccc(C)cc1)NC(=O)c1ccc2ccccc2n1. The summed E-state index contributed by atoms with van der Waals surface area (Å²) < 4.78 is 10.0. The Balaban J connectivity index is 1.39. The molecule has 0 aliphatic carbocycles. The first-order valence-corrected chi connectivity index (χ1v) is 14.4. The fourth-order valence-electron chi connectivity index (χ4n) is 4.49. The van der Waals surface area contributed by atoms with E-state index in [1.807, 2.05) is 67.6 Å². The van der Waals surface area contributed by atoms with Crippen LogP contribution in [0.4, 0.5) is 10.5 Å². The van der Waals surface area contributed by atoms with Crippen LogP contribution in [0, 0.1) is 6.92 Å². The minimum Gasteiger partial charge on any atom is -0.469 e. The van der Waals surface area contributed by atoms with Crippen molar-refractivity contribution in [3.63, 3.8) is 0 Å². The molecule has 10 heteroatoms. The van der Waals surface area contributed by atoms with Crippen molar-refractivity contribution in [2.45, 2.75) is 45.3 Å². The highest BCUT2D eigenvalue weighted by Crippen LogP contribution is 2.18. The quantitative estimate of drug-likeness (QED) is 0.144. The molecule has 3 aromatic carbocycles. The van der Waals surface area contributed by atoms with Crippen LogP contribution in [-0.2, 0) is 32.1 Å². The summed E-state index contributed by atoms with van der Waals surface area (Å²) in [4.78, 5) is 55.1. The zero-order valence-electron chi connectivity index (χ0n) is 24.8. The number of esters is 1. The van der Waals surface area contributed by atoms with E-state index in [4.69, 9.17) is 9.47 Å². The maximum absolute atomic E-state index is 13.5. The molecule has 44 heavy (non-hydrogen) atoms. The molecule has 0 fully saturated rings. The number of fused-ring (bicyclic) bond motifs is 1. The van der Waals surface area contributed by atoms with Crippen molar-refractivity contribution < 1.29 is 28.7 Å². The van der Waals surface area contributed by atoms with E-state index in [0.717, 1.165) is 22.1 Å². The lowest BCUT2D eigenvalue weighted by Gasteiger charge is -2.20. The number of aryl methyl sites for hydroxylation is 2. The fourth-order valence-corrected chi connectivity index (χ4v) is 4.49. The summed E-state index contributed by atoms with van der Waals surface area (Å²) in [7, 11) is 1.33. The predicted molar refractivity (Wildman–Crippen MR) is 167 cm³/mol. The normalized spacial score (nSPS) is 11.3. The first kappa shape index (κ1) is 31.7. The van der Waals surface area contributed by atoms with Crippen molar-refractivity contribution >= 4 is 40.5 Å². The van der Waals surface area contributed by atoms with Gasteiger partial charge in [-0.2, -0.15) is 0 Å². The number of para-hydroxylation sites is 2. The first-order chi connectivity index (χ1) is 21.3. The lowest BCUT2D eigenvalue weighted by Crippen LogP contribution is -2.44. The Bertz CT molecular complexity index is 1610. The van der Waals surface area contributed by atoms with Gasteiger partial charge in [-0.25, -0.2) is 9.78 Å². The molecular weight excluding hydrogens is 560 g/mol. The van der Waals surface area contributed by atoms with Crippen molar-refractivity contribution in [1.82, 2.24) is 15.6 Å². The number of nitrogens with one attached hydrogen (secondary N) is 3. The molecule has 0 saturated heterocycles. The third-order valence-electron chi connectivity index (χ3n) is 6.98. The highest BCUT2D eigenvalue weighted by Gasteiger charge is 2.23. The van der Waals surface area contributed by atoms with E-state index in [9.17, 15) is 19.2 Å². The average molecular weight is 597 g/mol. The van der Waals surface area contributed by atoms with Gasteiger partial charge < -0.3 is 25.4 Å². The van der Waals surface area contributed by atoms with Gasteiger partial charge in [-0.15, -0.1) is 0 Å². The monoisotopic (exact) mass is 596 g/mol. The number of ether oxygens (including phenoxy) is 2. The number of carbonyl (C=O) groups is 4. The number of nitrogens with zero attached hydrogens (tertiary/aromatic N) is 1. The number of aromatic nitrogens is 1. The number of methoxy groups -OCH3 is 1. The number of anilines is 1. The summed E-state index contributed by atoms with van der Waals surface area (Å²) in [5, 5.41) is 9.28. The Morgan fingerprint density at radius 2 is 1.64 bits per heavy atom. The van der Waals surface area contributed by atoms with E-state index in [1.165, 1.54) is 7.11 Å². The van der Waals surface area contributed by atoms with Gasteiger partial charge in [0.2, 0.25) is 5.91 Å². The third kappa shape index (κ3) is 9.38. The highest BCUT2D eigenvalue weighted by molar-refractivity contribution is 6.01. The van der Waals surface area contributed by atoms with Gasteiger partial charge in [0.1, 0.15) is 18.3 Å². The molecule has 3 N–H and O–H groups in total. The van der Waals surface area contributed by atoms with Crippen molar-refractivity contribution in [3.05, 3.63) is 107 Å². The molecule has 0 aliphatic rings. The number of hydrogen-bond acceptors (Lipinski definition) is 7. The maximum Gasteiger partial charge on any atom is 0.407 e. The molecule has 1 heterocycles. The zero-order valence-corrected chi connectivity index (χ0v) is 24.8. The van der Waals surface area contributed by atoms with Crippen LogP contribution in [-0.4, -0.2) is 48.6 Å².